The molecule has 3 heterocycles. The highest BCUT2D eigenvalue weighted by Crippen LogP contribution is 2.25. The Kier molecular flexibility index (Phi) is 6.03. The fourth-order valence-corrected chi connectivity index (χ4v) is 4.21. The van der Waals surface area contributed by atoms with Crippen LogP contribution in [0.2, 0.25) is 0 Å². The van der Waals surface area contributed by atoms with Crippen molar-refractivity contribution < 1.29 is 9.18 Å². The molecule has 0 bridgehead atoms. The van der Waals surface area contributed by atoms with Crippen LogP contribution in [0.15, 0.2) is 73.2 Å². The fraction of sp³-hybridized carbons (Fsp3) is 0.231. The number of halogens is 1. The van der Waals surface area contributed by atoms with E-state index in [2.05, 4.69) is 20.2 Å². The van der Waals surface area contributed by atoms with E-state index in [4.69, 9.17) is 5.10 Å². The molecule has 0 spiro atoms. The van der Waals surface area contributed by atoms with E-state index in [-0.39, 0.29) is 17.8 Å². The minimum Gasteiger partial charge on any atom is -0.349 e. The predicted molar refractivity (Wildman–Crippen MR) is 128 cm³/mol. The van der Waals surface area contributed by atoms with Gasteiger partial charge in [0.05, 0.1) is 11.3 Å². The summed E-state index contributed by atoms with van der Waals surface area (Å²) in [6.45, 7) is 3.55. The molecule has 2 aromatic carbocycles. The molecule has 1 saturated heterocycles. The van der Waals surface area contributed by atoms with Crippen LogP contribution in [0.5, 0.6) is 0 Å². The van der Waals surface area contributed by atoms with Gasteiger partial charge in [0, 0.05) is 43.3 Å². The number of nitrogens with zero attached hydrogens (tertiary/aromatic N) is 5. The van der Waals surface area contributed by atoms with Crippen LogP contribution in [0.3, 0.4) is 0 Å². The molecule has 1 amide bonds. The van der Waals surface area contributed by atoms with E-state index < -0.39 is 0 Å². The number of nitrogens with one attached hydrogen (secondary N) is 1. The zero-order valence-corrected chi connectivity index (χ0v) is 18.9. The highest BCUT2D eigenvalue weighted by atomic mass is 19.1. The van der Waals surface area contributed by atoms with Gasteiger partial charge in [0.2, 0.25) is 5.95 Å². The lowest BCUT2D eigenvalue weighted by atomic mass is 10.0. The molecule has 0 saturated carbocycles. The van der Waals surface area contributed by atoms with Crippen molar-refractivity contribution in [3.05, 3.63) is 90.1 Å². The second-order valence-electron chi connectivity index (χ2n) is 8.47. The lowest BCUT2D eigenvalue weighted by molar-refractivity contribution is 0.0931. The van der Waals surface area contributed by atoms with E-state index in [0.717, 1.165) is 43.0 Å². The van der Waals surface area contributed by atoms with Crippen LogP contribution in [0.1, 0.15) is 28.8 Å². The van der Waals surface area contributed by atoms with E-state index in [1.807, 2.05) is 31.2 Å². The summed E-state index contributed by atoms with van der Waals surface area (Å²) in [5.74, 6) is 0.230. The van der Waals surface area contributed by atoms with Gasteiger partial charge in [-0.2, -0.15) is 5.10 Å². The Morgan fingerprint density at radius 1 is 1.03 bits per heavy atom. The SMILES string of the molecule is Cc1cccc(-c2nn(-c3ccc(F)cc3)cc2C(=O)NC2CCN(c3ncccn3)CC2)c1. The van der Waals surface area contributed by atoms with Crippen LogP contribution < -0.4 is 10.2 Å². The maximum atomic E-state index is 13.4. The molecule has 0 aliphatic carbocycles. The summed E-state index contributed by atoms with van der Waals surface area (Å²) < 4.78 is 15.0. The molecule has 1 aliphatic rings. The molecule has 0 unspecified atom stereocenters. The molecule has 0 radical (unpaired) electrons. The molecular formula is C26H25FN6O. The zero-order chi connectivity index (χ0) is 23.5. The van der Waals surface area contributed by atoms with Crippen LogP contribution in [-0.4, -0.2) is 44.8 Å². The predicted octanol–water partition coefficient (Wildman–Crippen LogP) is 4.18. The van der Waals surface area contributed by atoms with Gasteiger partial charge < -0.3 is 10.2 Å². The molecular weight excluding hydrogens is 431 g/mol. The van der Waals surface area contributed by atoms with Crippen molar-refractivity contribution in [1.82, 2.24) is 25.1 Å². The van der Waals surface area contributed by atoms with Crippen molar-refractivity contribution in [2.45, 2.75) is 25.8 Å². The normalized spacial score (nSPS) is 14.2. The number of aryl methyl sites for hydroxylation is 1. The molecule has 2 aromatic heterocycles. The Balaban J connectivity index is 1.37. The van der Waals surface area contributed by atoms with E-state index in [9.17, 15) is 9.18 Å². The first-order chi connectivity index (χ1) is 16.6. The average molecular weight is 457 g/mol. The van der Waals surface area contributed by atoms with Crippen molar-refractivity contribution in [1.29, 1.82) is 0 Å². The maximum Gasteiger partial charge on any atom is 0.255 e. The van der Waals surface area contributed by atoms with E-state index >= 15 is 0 Å². The summed E-state index contributed by atoms with van der Waals surface area (Å²) in [5.41, 5.74) is 3.72. The first kappa shape index (κ1) is 21.8. The average Bonchev–Trinajstić information content (AvgIpc) is 3.31. The van der Waals surface area contributed by atoms with Gasteiger partial charge in [-0.1, -0.05) is 23.8 Å². The molecule has 1 N–H and O–H groups in total. The third-order valence-electron chi connectivity index (χ3n) is 6.01. The topological polar surface area (TPSA) is 75.9 Å². The lowest BCUT2D eigenvalue weighted by Crippen LogP contribution is -2.45. The molecule has 1 fully saturated rings. The van der Waals surface area contributed by atoms with Crippen molar-refractivity contribution in [2.24, 2.45) is 0 Å². The van der Waals surface area contributed by atoms with Gasteiger partial charge in [0.25, 0.3) is 5.91 Å². The van der Waals surface area contributed by atoms with Gasteiger partial charge in [-0.05, 0) is 56.2 Å². The Morgan fingerprint density at radius 2 is 1.76 bits per heavy atom. The highest BCUT2D eigenvalue weighted by Gasteiger charge is 2.25. The quantitative estimate of drug-likeness (QED) is 0.488. The second kappa shape index (κ2) is 9.43. The Labute approximate surface area is 197 Å². The van der Waals surface area contributed by atoms with Crippen molar-refractivity contribution in [3.8, 4) is 16.9 Å². The number of hydrogen-bond acceptors (Lipinski definition) is 5. The van der Waals surface area contributed by atoms with E-state index in [1.54, 1.807) is 41.5 Å². The monoisotopic (exact) mass is 456 g/mol. The molecule has 172 valence electrons. The zero-order valence-electron chi connectivity index (χ0n) is 18.9. The number of piperidine rings is 1. The number of carbonyl (C=O) groups is 1. The van der Waals surface area contributed by atoms with Crippen LogP contribution in [0.4, 0.5) is 10.3 Å². The highest BCUT2D eigenvalue weighted by molar-refractivity contribution is 6.00. The largest absolute Gasteiger partial charge is 0.349 e. The summed E-state index contributed by atoms with van der Waals surface area (Å²) in [5, 5.41) is 7.88. The molecule has 5 rings (SSSR count). The molecule has 4 aromatic rings. The standard InChI is InChI=1S/C26H25FN6O/c1-18-4-2-5-19(16-18)24-23(17-33(31-24)22-8-6-20(27)7-9-22)25(34)30-21-10-14-32(15-11-21)26-28-12-3-13-29-26/h2-9,12-13,16-17,21H,10-11,14-15H2,1H3,(H,30,34). The Morgan fingerprint density at radius 3 is 2.47 bits per heavy atom. The van der Waals surface area contributed by atoms with Crippen LogP contribution >= 0.6 is 0 Å². The Bertz CT molecular complexity index is 1280. The number of rotatable bonds is 5. The van der Waals surface area contributed by atoms with E-state index in [0.29, 0.717) is 16.9 Å². The summed E-state index contributed by atoms with van der Waals surface area (Å²) >= 11 is 0. The number of benzene rings is 2. The lowest BCUT2D eigenvalue weighted by Gasteiger charge is -2.32. The number of aromatic nitrogens is 4. The molecule has 34 heavy (non-hydrogen) atoms. The van der Waals surface area contributed by atoms with Crippen LogP contribution in [-0.2, 0) is 0 Å². The fourth-order valence-electron chi connectivity index (χ4n) is 4.21. The summed E-state index contributed by atoms with van der Waals surface area (Å²) in [6.07, 6.45) is 6.79. The van der Waals surface area contributed by atoms with Gasteiger partial charge in [-0.15, -0.1) is 0 Å². The second-order valence-corrected chi connectivity index (χ2v) is 8.47. The van der Waals surface area contributed by atoms with Crippen molar-refractivity contribution in [2.75, 3.05) is 18.0 Å². The van der Waals surface area contributed by atoms with Crippen molar-refractivity contribution >= 4 is 11.9 Å². The number of hydrogen-bond donors (Lipinski definition) is 1. The molecule has 1 aliphatic heterocycles. The minimum absolute atomic E-state index is 0.0481. The van der Waals surface area contributed by atoms with Gasteiger partial charge in [0.1, 0.15) is 11.5 Å². The Hall–Kier alpha value is -4.07. The van der Waals surface area contributed by atoms with Crippen LogP contribution in [0.25, 0.3) is 16.9 Å². The number of amides is 1. The number of anilines is 1. The van der Waals surface area contributed by atoms with Gasteiger partial charge in [0.15, 0.2) is 0 Å². The summed E-state index contributed by atoms with van der Waals surface area (Å²) in [7, 11) is 0. The smallest absolute Gasteiger partial charge is 0.255 e. The maximum absolute atomic E-state index is 13.4. The van der Waals surface area contributed by atoms with Crippen molar-refractivity contribution in [3.63, 3.8) is 0 Å². The van der Waals surface area contributed by atoms with Gasteiger partial charge in [-0.25, -0.2) is 19.0 Å². The molecule has 0 atom stereocenters. The summed E-state index contributed by atoms with van der Waals surface area (Å²) in [6, 6.07) is 15.8. The van der Waals surface area contributed by atoms with Gasteiger partial charge in [-0.3, -0.25) is 4.79 Å². The van der Waals surface area contributed by atoms with Crippen LogP contribution in [0, 0.1) is 12.7 Å². The molecule has 8 heteroatoms. The van der Waals surface area contributed by atoms with Gasteiger partial charge >= 0.3 is 0 Å². The first-order valence-corrected chi connectivity index (χ1v) is 11.3. The molecule has 7 nitrogen and oxygen atoms in total. The first-order valence-electron chi connectivity index (χ1n) is 11.3. The third kappa shape index (κ3) is 4.66. The third-order valence-corrected chi connectivity index (χ3v) is 6.01. The number of carbonyl (C=O) groups excluding carboxylic acids is 1. The summed E-state index contributed by atoms with van der Waals surface area (Å²) in [4.78, 5) is 24.1. The minimum atomic E-state index is -0.319. The van der Waals surface area contributed by atoms with E-state index in [1.165, 1.54) is 12.1 Å².